The molecule has 3 aromatic rings. The number of halogens is 1. The van der Waals surface area contributed by atoms with Gasteiger partial charge in [0.1, 0.15) is 11.4 Å². The molecule has 38 heavy (non-hydrogen) atoms. The lowest BCUT2D eigenvalue weighted by Crippen LogP contribution is -2.47. The monoisotopic (exact) mass is 543 g/mol. The van der Waals surface area contributed by atoms with Crippen molar-refractivity contribution in [1.82, 2.24) is 4.98 Å². The Bertz CT molecular complexity index is 1520. The number of ether oxygens (including phenoxy) is 4. The molecule has 0 saturated carbocycles. The number of aromatic amines is 1. The topological polar surface area (TPSA) is 139 Å². The summed E-state index contributed by atoms with van der Waals surface area (Å²) in [5.41, 5.74) is 0.113. The largest absolute Gasteiger partial charge is 0.506 e. The van der Waals surface area contributed by atoms with E-state index in [0.29, 0.717) is 39.4 Å². The average molecular weight is 544 g/mol. The van der Waals surface area contributed by atoms with E-state index in [1.807, 2.05) is 0 Å². The van der Waals surface area contributed by atoms with Crippen LogP contribution in [0, 0.1) is 0 Å². The van der Waals surface area contributed by atoms with Crippen molar-refractivity contribution in [3.63, 3.8) is 0 Å². The standard InChI is InChI=1S/C26H26ClN3O8/c1-26(25(34)38-5)23(32)18-17-12(9-27)10-30(14(17)8-15(31)20(18)29-26)24(33)13-6-11-7-16(35-2)21(36-3)22(37-4)19(11)28-13/h6-8,12,28-29,31H,9-10H2,1-5H3. The van der Waals surface area contributed by atoms with Crippen LogP contribution in [0.4, 0.5) is 11.4 Å². The fourth-order valence-corrected chi connectivity index (χ4v) is 5.56. The number of H-pyrrole nitrogens is 1. The number of phenolic OH excluding ortho intramolecular Hbond substituents is 1. The summed E-state index contributed by atoms with van der Waals surface area (Å²) < 4.78 is 21.2. The van der Waals surface area contributed by atoms with Gasteiger partial charge < -0.3 is 39.3 Å². The summed E-state index contributed by atoms with van der Waals surface area (Å²) in [5, 5.41) is 14.3. The van der Waals surface area contributed by atoms with E-state index in [1.165, 1.54) is 46.3 Å². The third-order valence-electron chi connectivity index (χ3n) is 7.16. The fraction of sp³-hybridized carbons (Fsp3) is 0.346. The van der Waals surface area contributed by atoms with Crippen molar-refractivity contribution in [3.8, 4) is 23.0 Å². The maximum Gasteiger partial charge on any atom is 0.339 e. The lowest BCUT2D eigenvalue weighted by atomic mass is 9.89. The zero-order valence-corrected chi connectivity index (χ0v) is 22.1. The zero-order valence-electron chi connectivity index (χ0n) is 21.4. The van der Waals surface area contributed by atoms with E-state index in [1.54, 1.807) is 12.1 Å². The van der Waals surface area contributed by atoms with Crippen LogP contribution in [0.2, 0.25) is 0 Å². The quantitative estimate of drug-likeness (QED) is 0.185. The molecule has 0 fully saturated rings. The van der Waals surface area contributed by atoms with Crippen molar-refractivity contribution in [2.75, 3.05) is 51.1 Å². The van der Waals surface area contributed by atoms with Gasteiger partial charge in [0.05, 0.1) is 50.9 Å². The molecule has 3 N–H and O–H groups in total. The second-order valence-corrected chi connectivity index (χ2v) is 9.52. The van der Waals surface area contributed by atoms with Gasteiger partial charge in [0, 0.05) is 29.8 Å². The summed E-state index contributed by atoms with van der Waals surface area (Å²) >= 11 is 6.30. The number of carbonyl (C=O) groups excluding carboxylic acids is 3. The molecule has 2 unspecified atom stereocenters. The van der Waals surface area contributed by atoms with Gasteiger partial charge >= 0.3 is 5.97 Å². The number of anilines is 2. The van der Waals surface area contributed by atoms with Gasteiger partial charge in [-0.2, -0.15) is 0 Å². The highest BCUT2D eigenvalue weighted by Gasteiger charge is 2.53. The first-order chi connectivity index (χ1) is 18.1. The van der Waals surface area contributed by atoms with Crippen LogP contribution in [0.15, 0.2) is 18.2 Å². The molecule has 5 rings (SSSR count). The molecular formula is C26H26ClN3O8. The van der Waals surface area contributed by atoms with E-state index in [-0.39, 0.29) is 35.1 Å². The number of ketones is 1. The Hall–Kier alpha value is -4.12. The normalized spacial score (nSPS) is 19.7. The number of alkyl halides is 1. The number of hydrogen-bond donors (Lipinski definition) is 3. The molecule has 1 amide bonds. The molecule has 0 aliphatic carbocycles. The van der Waals surface area contributed by atoms with Crippen molar-refractivity contribution in [2.24, 2.45) is 0 Å². The molecule has 0 bridgehead atoms. The van der Waals surface area contributed by atoms with E-state index in [9.17, 15) is 19.5 Å². The van der Waals surface area contributed by atoms with Crippen molar-refractivity contribution >= 4 is 51.5 Å². The lowest BCUT2D eigenvalue weighted by molar-refractivity contribution is -0.143. The minimum atomic E-state index is -1.72. The van der Waals surface area contributed by atoms with Gasteiger partial charge in [0.2, 0.25) is 11.5 Å². The summed E-state index contributed by atoms with van der Waals surface area (Å²) in [7, 11) is 5.65. The summed E-state index contributed by atoms with van der Waals surface area (Å²) in [4.78, 5) is 44.3. The Morgan fingerprint density at radius 1 is 1.13 bits per heavy atom. The van der Waals surface area contributed by atoms with Crippen molar-refractivity contribution in [3.05, 3.63) is 35.0 Å². The maximum absolute atomic E-state index is 13.8. The molecular weight excluding hydrogens is 518 g/mol. The third kappa shape index (κ3) is 3.38. The molecule has 1 aromatic heterocycles. The third-order valence-corrected chi connectivity index (χ3v) is 7.53. The van der Waals surface area contributed by atoms with E-state index < -0.39 is 29.1 Å². The highest BCUT2D eigenvalue weighted by atomic mass is 35.5. The van der Waals surface area contributed by atoms with E-state index in [2.05, 4.69) is 10.3 Å². The number of nitrogens with zero attached hydrogens (tertiary/aromatic N) is 1. The number of benzene rings is 2. The Morgan fingerprint density at radius 2 is 1.84 bits per heavy atom. The first kappa shape index (κ1) is 25.5. The molecule has 2 aliphatic rings. The van der Waals surface area contributed by atoms with Gasteiger partial charge in [-0.1, -0.05) is 0 Å². The van der Waals surface area contributed by atoms with Gasteiger partial charge in [-0.15, -0.1) is 11.6 Å². The maximum atomic E-state index is 13.8. The van der Waals surface area contributed by atoms with E-state index in [4.69, 9.17) is 30.5 Å². The number of amides is 1. The number of carbonyl (C=O) groups is 3. The Kier molecular flexibility index (Phi) is 6.06. The first-order valence-electron chi connectivity index (χ1n) is 11.7. The molecule has 2 aliphatic heterocycles. The predicted molar refractivity (Wildman–Crippen MR) is 140 cm³/mol. The van der Waals surface area contributed by atoms with Crippen LogP contribution >= 0.6 is 11.6 Å². The summed E-state index contributed by atoms with van der Waals surface area (Å²) in [6.07, 6.45) is 0. The van der Waals surface area contributed by atoms with Crippen molar-refractivity contribution in [2.45, 2.75) is 18.4 Å². The molecule has 200 valence electrons. The van der Waals surface area contributed by atoms with Crippen molar-refractivity contribution in [1.29, 1.82) is 0 Å². The summed E-state index contributed by atoms with van der Waals surface area (Å²) in [6, 6.07) is 4.78. The van der Waals surface area contributed by atoms with Crippen LogP contribution in [0.5, 0.6) is 23.0 Å². The van der Waals surface area contributed by atoms with Crippen LogP contribution in [-0.2, 0) is 9.53 Å². The SMILES string of the molecule is COC(=O)C1(C)Nc2c(O)cc3c(c2C1=O)C(CCl)CN3C(=O)c1cc2cc(OC)c(OC)c(OC)c2[nH]1. The van der Waals surface area contributed by atoms with Crippen LogP contribution < -0.4 is 24.4 Å². The van der Waals surface area contributed by atoms with Gasteiger partial charge in [-0.05, 0) is 24.6 Å². The van der Waals surface area contributed by atoms with Gasteiger partial charge in [-0.3, -0.25) is 9.59 Å². The summed E-state index contributed by atoms with van der Waals surface area (Å²) in [6.45, 7) is 1.55. The Morgan fingerprint density at radius 3 is 2.45 bits per heavy atom. The van der Waals surface area contributed by atoms with Gasteiger partial charge in [-0.25, -0.2) is 4.79 Å². The van der Waals surface area contributed by atoms with Crippen LogP contribution in [0.3, 0.4) is 0 Å². The first-order valence-corrected chi connectivity index (χ1v) is 12.2. The highest BCUT2D eigenvalue weighted by molar-refractivity contribution is 6.27. The number of fused-ring (bicyclic) bond motifs is 4. The van der Waals surface area contributed by atoms with Crippen LogP contribution in [-0.4, -0.2) is 74.2 Å². The van der Waals surface area contributed by atoms with Crippen LogP contribution in [0.25, 0.3) is 10.9 Å². The van der Waals surface area contributed by atoms with Crippen molar-refractivity contribution < 1.29 is 38.4 Å². The molecule has 12 heteroatoms. The smallest absolute Gasteiger partial charge is 0.339 e. The Labute approximate surface area is 222 Å². The number of methoxy groups -OCH3 is 4. The molecule has 3 heterocycles. The number of phenols is 1. The molecule has 2 aromatic carbocycles. The minimum Gasteiger partial charge on any atom is -0.506 e. The Balaban J connectivity index is 1.62. The second-order valence-electron chi connectivity index (χ2n) is 9.21. The molecule has 0 saturated heterocycles. The molecule has 0 spiro atoms. The fourth-order valence-electron chi connectivity index (χ4n) is 5.31. The number of aromatic hydroxyl groups is 1. The van der Waals surface area contributed by atoms with Gasteiger partial charge in [0.25, 0.3) is 5.91 Å². The van der Waals surface area contributed by atoms with E-state index in [0.717, 1.165) is 0 Å². The number of rotatable bonds is 6. The number of esters is 1. The number of hydrogen-bond acceptors (Lipinski definition) is 9. The lowest BCUT2D eigenvalue weighted by Gasteiger charge is -2.20. The molecule has 2 atom stereocenters. The highest BCUT2D eigenvalue weighted by Crippen LogP contribution is 2.51. The second kappa shape index (κ2) is 9.02. The summed E-state index contributed by atoms with van der Waals surface area (Å²) in [5.74, 6) is -1.19. The molecule has 11 nitrogen and oxygen atoms in total. The van der Waals surface area contributed by atoms with Crippen LogP contribution in [0.1, 0.15) is 39.3 Å². The number of nitrogens with one attached hydrogen (secondary N) is 2. The predicted octanol–water partition coefficient (Wildman–Crippen LogP) is 3.42. The number of Topliss-reactive ketones (excluding diaryl/α,β-unsaturated/α-hetero) is 1. The van der Waals surface area contributed by atoms with E-state index >= 15 is 0 Å². The minimum absolute atomic E-state index is 0.102. The number of aromatic nitrogens is 1. The molecule has 0 radical (unpaired) electrons. The zero-order chi connectivity index (χ0) is 27.5. The van der Waals surface area contributed by atoms with Gasteiger partial charge in [0.15, 0.2) is 17.0 Å². The average Bonchev–Trinajstić information content (AvgIpc) is 3.59.